The Balaban J connectivity index is 1.52. The fourth-order valence-corrected chi connectivity index (χ4v) is 7.75. The van der Waals surface area contributed by atoms with Crippen molar-refractivity contribution in [3.8, 4) is 34.8 Å². The van der Waals surface area contributed by atoms with Crippen LogP contribution in [0.3, 0.4) is 0 Å². The second kappa shape index (κ2) is 16.3. The van der Waals surface area contributed by atoms with Gasteiger partial charge in [0.25, 0.3) is 0 Å². The van der Waals surface area contributed by atoms with Crippen LogP contribution in [0.15, 0.2) is 71.6 Å². The first-order valence-corrected chi connectivity index (χ1v) is 19.5. The van der Waals surface area contributed by atoms with Gasteiger partial charge in [0, 0.05) is 35.8 Å². The molecule has 0 aliphatic carbocycles. The summed E-state index contributed by atoms with van der Waals surface area (Å²) in [4.78, 5) is 0.902. The summed E-state index contributed by atoms with van der Waals surface area (Å²) >= 11 is 1.66. The first kappa shape index (κ1) is 36.7. The molecule has 0 spiro atoms. The summed E-state index contributed by atoms with van der Waals surface area (Å²) in [6.07, 6.45) is 0.0200. The SMILES string of the molecule is COCOc1ccc(C2(C)CSc3cc(OCOC)ccc3C2(O)C#CCOc2ccc(OCC(O[SiH](C)C)C(C)(C)C)cc2)cc1. The minimum Gasteiger partial charge on any atom is -0.491 e. The molecular formula is C37H48O8SSi. The Morgan fingerprint density at radius 3 is 1.98 bits per heavy atom. The lowest BCUT2D eigenvalue weighted by Crippen LogP contribution is -2.50. The minimum atomic E-state index is -1.52. The van der Waals surface area contributed by atoms with Gasteiger partial charge in [0.1, 0.15) is 36.2 Å². The van der Waals surface area contributed by atoms with Crippen molar-refractivity contribution in [1.82, 2.24) is 0 Å². The van der Waals surface area contributed by atoms with Gasteiger partial charge in [-0.05, 0) is 72.6 Å². The van der Waals surface area contributed by atoms with Gasteiger partial charge < -0.3 is 38.0 Å². The molecule has 0 bridgehead atoms. The van der Waals surface area contributed by atoms with Gasteiger partial charge in [-0.1, -0.05) is 57.7 Å². The van der Waals surface area contributed by atoms with Gasteiger partial charge in [-0.3, -0.25) is 0 Å². The van der Waals surface area contributed by atoms with E-state index in [1.807, 2.05) is 73.7 Å². The molecule has 0 aromatic heterocycles. The predicted octanol–water partition coefficient (Wildman–Crippen LogP) is 6.78. The molecule has 3 atom stereocenters. The molecule has 0 amide bonds. The van der Waals surface area contributed by atoms with Crippen LogP contribution in [-0.2, 0) is 24.9 Å². The lowest BCUT2D eigenvalue weighted by Gasteiger charge is -2.46. The molecular weight excluding hydrogens is 633 g/mol. The molecule has 3 aromatic carbocycles. The molecule has 0 radical (unpaired) electrons. The molecule has 0 fully saturated rings. The van der Waals surface area contributed by atoms with Crippen molar-refractivity contribution in [3.05, 3.63) is 77.9 Å². The fourth-order valence-electron chi connectivity index (χ4n) is 5.21. The molecule has 3 aromatic rings. The Kier molecular flexibility index (Phi) is 12.7. The summed E-state index contributed by atoms with van der Waals surface area (Å²) in [5.41, 5.74) is -0.638. The van der Waals surface area contributed by atoms with Gasteiger partial charge in [-0.2, -0.15) is 0 Å². The number of benzene rings is 3. The van der Waals surface area contributed by atoms with E-state index < -0.39 is 20.1 Å². The lowest BCUT2D eigenvalue weighted by atomic mass is 9.66. The van der Waals surface area contributed by atoms with Crippen molar-refractivity contribution >= 4 is 20.8 Å². The Hall–Kier alpha value is -3.17. The van der Waals surface area contributed by atoms with Crippen LogP contribution < -0.4 is 18.9 Å². The number of rotatable bonds is 14. The van der Waals surface area contributed by atoms with Crippen LogP contribution >= 0.6 is 11.8 Å². The molecule has 254 valence electrons. The highest BCUT2D eigenvalue weighted by Crippen LogP contribution is 2.53. The highest BCUT2D eigenvalue weighted by Gasteiger charge is 2.52. The fraction of sp³-hybridized carbons (Fsp3) is 0.459. The van der Waals surface area contributed by atoms with Crippen LogP contribution in [0.4, 0.5) is 0 Å². The summed E-state index contributed by atoms with van der Waals surface area (Å²) in [6.45, 7) is 13.8. The van der Waals surface area contributed by atoms with Crippen molar-refractivity contribution in [1.29, 1.82) is 0 Å². The second-order valence-corrected chi connectivity index (χ2v) is 16.4. The molecule has 3 unspecified atom stereocenters. The largest absolute Gasteiger partial charge is 0.491 e. The monoisotopic (exact) mass is 680 g/mol. The predicted molar refractivity (Wildman–Crippen MR) is 188 cm³/mol. The summed E-state index contributed by atoms with van der Waals surface area (Å²) in [6, 6.07) is 20.8. The quantitative estimate of drug-likeness (QED) is 0.113. The zero-order valence-electron chi connectivity index (χ0n) is 28.8. The van der Waals surface area contributed by atoms with Crippen molar-refractivity contribution in [2.24, 2.45) is 5.41 Å². The van der Waals surface area contributed by atoms with Gasteiger partial charge in [0.15, 0.2) is 28.2 Å². The van der Waals surface area contributed by atoms with E-state index in [4.69, 9.17) is 32.8 Å². The van der Waals surface area contributed by atoms with E-state index >= 15 is 0 Å². The van der Waals surface area contributed by atoms with E-state index in [2.05, 4.69) is 45.7 Å². The van der Waals surface area contributed by atoms with Gasteiger partial charge in [0.2, 0.25) is 0 Å². The number of methoxy groups -OCH3 is 2. The molecule has 47 heavy (non-hydrogen) atoms. The van der Waals surface area contributed by atoms with Gasteiger partial charge in [-0.25, -0.2) is 0 Å². The van der Waals surface area contributed by atoms with E-state index in [0.717, 1.165) is 16.2 Å². The molecule has 1 heterocycles. The third-order valence-electron chi connectivity index (χ3n) is 8.04. The van der Waals surface area contributed by atoms with Crippen molar-refractivity contribution in [3.63, 3.8) is 0 Å². The highest BCUT2D eigenvalue weighted by atomic mass is 32.2. The van der Waals surface area contributed by atoms with E-state index in [1.54, 1.807) is 26.0 Å². The number of thioether (sulfide) groups is 1. The average molecular weight is 681 g/mol. The van der Waals surface area contributed by atoms with E-state index in [-0.39, 0.29) is 31.7 Å². The molecule has 1 aliphatic heterocycles. The number of fused-ring (bicyclic) bond motifs is 1. The van der Waals surface area contributed by atoms with Crippen molar-refractivity contribution in [2.75, 3.05) is 46.8 Å². The Bertz CT molecular complexity index is 1500. The van der Waals surface area contributed by atoms with Crippen LogP contribution in [0.1, 0.15) is 38.8 Å². The molecule has 8 nitrogen and oxygen atoms in total. The molecule has 1 N–H and O–H groups in total. The van der Waals surface area contributed by atoms with E-state index in [0.29, 0.717) is 35.2 Å². The molecule has 0 saturated carbocycles. The summed E-state index contributed by atoms with van der Waals surface area (Å²) in [5.74, 6) is 9.67. The standard InChI is InChI=1S/C37H48O8SSi/c1-35(2,3)34(45-47(7)8)23-42-29-16-14-28(15-17-29)41-21-9-20-37(38)32-19-18-31(44-26-40-6)22-33(32)46-24-36(37,4)27-10-12-30(13-11-27)43-25-39-5/h10-19,22,34,38,47H,21,23-26H2,1-8H3. The maximum Gasteiger partial charge on any atom is 0.188 e. The summed E-state index contributed by atoms with van der Waals surface area (Å²) < 4.78 is 39.6. The highest BCUT2D eigenvalue weighted by molar-refractivity contribution is 7.99. The smallest absolute Gasteiger partial charge is 0.188 e. The number of aliphatic hydroxyl groups is 1. The number of ether oxygens (including phenoxy) is 6. The molecule has 10 heteroatoms. The zero-order chi connectivity index (χ0) is 34.1. The summed E-state index contributed by atoms with van der Waals surface area (Å²) in [5, 5.41) is 12.5. The molecule has 4 rings (SSSR count). The lowest BCUT2D eigenvalue weighted by molar-refractivity contribution is 0.0228. The van der Waals surface area contributed by atoms with Crippen molar-refractivity contribution in [2.45, 2.75) is 62.8 Å². The third kappa shape index (κ3) is 9.25. The third-order valence-corrected chi connectivity index (χ3v) is 10.3. The van der Waals surface area contributed by atoms with Gasteiger partial charge >= 0.3 is 0 Å². The first-order chi connectivity index (χ1) is 22.4. The van der Waals surface area contributed by atoms with Crippen molar-refractivity contribution < 1.29 is 38.0 Å². The maximum atomic E-state index is 12.5. The van der Waals surface area contributed by atoms with E-state index in [1.165, 1.54) is 0 Å². The molecule has 1 aliphatic rings. The van der Waals surface area contributed by atoms with Gasteiger partial charge in [0.05, 0.1) is 6.10 Å². The average Bonchev–Trinajstić information content (AvgIpc) is 3.05. The maximum absolute atomic E-state index is 12.5. The topological polar surface area (TPSA) is 84.8 Å². The minimum absolute atomic E-state index is 0.0152. The Labute approximate surface area is 285 Å². The second-order valence-electron chi connectivity index (χ2n) is 13.0. The van der Waals surface area contributed by atoms with Crippen LogP contribution in [-0.4, -0.2) is 67.0 Å². The van der Waals surface area contributed by atoms with Crippen LogP contribution in [0.2, 0.25) is 13.1 Å². The number of hydrogen-bond donors (Lipinski definition) is 1. The van der Waals surface area contributed by atoms with E-state index in [9.17, 15) is 5.11 Å². The number of hydrogen-bond acceptors (Lipinski definition) is 9. The van der Waals surface area contributed by atoms with Crippen LogP contribution in [0.25, 0.3) is 0 Å². The molecule has 0 saturated heterocycles. The first-order valence-electron chi connectivity index (χ1n) is 15.7. The Morgan fingerprint density at radius 2 is 1.38 bits per heavy atom. The van der Waals surface area contributed by atoms with Crippen LogP contribution in [0, 0.1) is 17.3 Å². The normalized spacial score (nSPS) is 19.7. The van der Waals surface area contributed by atoms with Crippen LogP contribution in [0.5, 0.6) is 23.0 Å². The Morgan fingerprint density at radius 1 is 0.830 bits per heavy atom. The zero-order valence-corrected chi connectivity index (χ0v) is 30.7. The summed E-state index contributed by atoms with van der Waals surface area (Å²) in [7, 11) is 1.96. The van der Waals surface area contributed by atoms with Gasteiger partial charge in [-0.15, -0.1) is 11.8 Å².